The zero-order chi connectivity index (χ0) is 9.14. The molecule has 3 N–H and O–H groups in total. The minimum atomic E-state index is -0.336. The monoisotopic (exact) mass is 181 g/mol. The summed E-state index contributed by atoms with van der Waals surface area (Å²) in [6.45, 7) is 3.55. The summed E-state index contributed by atoms with van der Waals surface area (Å²) in [5.41, 5.74) is 6.30. The Morgan fingerprint density at radius 2 is 2.25 bits per heavy atom. The molecule has 0 radical (unpaired) electrons. The average molecular weight is 181 g/mol. The van der Waals surface area contributed by atoms with Gasteiger partial charge in [-0.2, -0.15) is 0 Å². The number of phenols is 1. The van der Waals surface area contributed by atoms with Crippen molar-refractivity contribution in [1.29, 1.82) is 0 Å². The van der Waals surface area contributed by atoms with Crippen LogP contribution in [0, 0.1) is 0 Å². The number of benzene rings is 1. The van der Waals surface area contributed by atoms with E-state index in [0.717, 1.165) is 0 Å². The molecule has 0 spiro atoms. The molecule has 0 aliphatic heterocycles. The molecule has 0 saturated heterocycles. The number of nitrogens with two attached hydrogens (primary N) is 1. The lowest BCUT2D eigenvalue weighted by Crippen LogP contribution is -2.06. The second kappa shape index (κ2) is 3.65. The molecule has 0 heterocycles. The van der Waals surface area contributed by atoms with Gasteiger partial charge in [0, 0.05) is 10.5 Å². The molecule has 0 unspecified atom stereocenters. The zero-order valence-electron chi connectivity index (χ0n) is 6.57. The lowest BCUT2D eigenvalue weighted by atomic mass is 10.1. The van der Waals surface area contributed by atoms with E-state index in [1.165, 1.54) is 0 Å². The first kappa shape index (κ1) is 9.16. The molecule has 0 bridgehead atoms. The molecule has 0 amide bonds. The van der Waals surface area contributed by atoms with Gasteiger partial charge in [-0.15, -0.1) is 19.2 Å². The largest absolute Gasteiger partial charge is 0.506 e. The number of rotatable bonds is 2. The predicted octanol–water partition coefficient (Wildman–Crippen LogP) is 1.87. The third kappa shape index (κ3) is 1.62. The molecule has 12 heavy (non-hydrogen) atoms. The van der Waals surface area contributed by atoms with Gasteiger partial charge in [-0.05, 0) is 6.07 Å². The smallest absolute Gasteiger partial charge is 0.133 e. The first-order valence-electron chi connectivity index (χ1n) is 3.55. The summed E-state index contributed by atoms with van der Waals surface area (Å²) in [7, 11) is 0. The summed E-state index contributed by atoms with van der Waals surface area (Å²) < 4.78 is 0. The second-order valence-electron chi connectivity index (χ2n) is 2.48. The fourth-order valence-corrected chi connectivity index (χ4v) is 1.16. The van der Waals surface area contributed by atoms with E-state index in [1.54, 1.807) is 24.3 Å². The van der Waals surface area contributed by atoms with Gasteiger partial charge in [0.15, 0.2) is 0 Å². The number of hydrogen-bond donors (Lipinski definition) is 3. The van der Waals surface area contributed by atoms with Crippen molar-refractivity contribution in [3.63, 3.8) is 0 Å². The van der Waals surface area contributed by atoms with Crippen LogP contribution in [0.3, 0.4) is 0 Å². The minimum absolute atomic E-state index is 0.133. The van der Waals surface area contributed by atoms with E-state index in [1.807, 2.05) is 0 Å². The highest BCUT2D eigenvalue weighted by atomic mass is 32.1. The summed E-state index contributed by atoms with van der Waals surface area (Å²) in [4.78, 5) is 0.532. The zero-order valence-corrected chi connectivity index (χ0v) is 7.46. The Hall–Kier alpha value is -0.930. The van der Waals surface area contributed by atoms with Crippen LogP contribution >= 0.6 is 12.6 Å². The van der Waals surface area contributed by atoms with Crippen molar-refractivity contribution in [2.45, 2.75) is 10.9 Å². The maximum absolute atomic E-state index is 9.49. The molecule has 1 atom stereocenters. The van der Waals surface area contributed by atoms with Gasteiger partial charge in [-0.3, -0.25) is 0 Å². The summed E-state index contributed by atoms with van der Waals surface area (Å²) >= 11 is 4.06. The summed E-state index contributed by atoms with van der Waals surface area (Å²) in [6.07, 6.45) is 1.57. The van der Waals surface area contributed by atoms with E-state index in [4.69, 9.17) is 5.73 Å². The SMILES string of the molecule is C=C[C@H](N)c1cccc(S)c1O. The third-order valence-electron chi connectivity index (χ3n) is 1.66. The van der Waals surface area contributed by atoms with E-state index < -0.39 is 0 Å². The van der Waals surface area contributed by atoms with E-state index in [9.17, 15) is 5.11 Å². The highest BCUT2D eigenvalue weighted by molar-refractivity contribution is 7.80. The second-order valence-corrected chi connectivity index (χ2v) is 2.96. The number of thiol groups is 1. The Balaban J connectivity index is 3.15. The van der Waals surface area contributed by atoms with Gasteiger partial charge < -0.3 is 10.8 Å². The van der Waals surface area contributed by atoms with Crippen molar-refractivity contribution >= 4 is 12.6 Å². The molecular weight excluding hydrogens is 170 g/mol. The fourth-order valence-electron chi connectivity index (χ4n) is 0.945. The number of hydrogen-bond acceptors (Lipinski definition) is 3. The highest BCUT2D eigenvalue weighted by Crippen LogP contribution is 2.29. The van der Waals surface area contributed by atoms with E-state index in [0.29, 0.717) is 10.5 Å². The maximum atomic E-state index is 9.49. The van der Waals surface area contributed by atoms with Crippen LogP contribution in [0.15, 0.2) is 35.7 Å². The van der Waals surface area contributed by atoms with Crippen LogP contribution in [-0.4, -0.2) is 5.11 Å². The predicted molar refractivity (Wildman–Crippen MR) is 52.5 cm³/mol. The molecule has 0 aliphatic rings. The number of aromatic hydroxyl groups is 1. The van der Waals surface area contributed by atoms with Gasteiger partial charge in [0.2, 0.25) is 0 Å². The van der Waals surface area contributed by atoms with Crippen LogP contribution in [0.1, 0.15) is 11.6 Å². The summed E-state index contributed by atoms with van der Waals surface area (Å²) in [6, 6.07) is 4.91. The van der Waals surface area contributed by atoms with Crippen LogP contribution in [0.25, 0.3) is 0 Å². The molecule has 1 rings (SSSR count). The Morgan fingerprint density at radius 1 is 1.58 bits per heavy atom. The lowest BCUT2D eigenvalue weighted by Gasteiger charge is -2.09. The van der Waals surface area contributed by atoms with Crippen molar-refractivity contribution in [3.8, 4) is 5.75 Å². The molecule has 0 aliphatic carbocycles. The number of para-hydroxylation sites is 1. The van der Waals surface area contributed by atoms with Gasteiger partial charge in [0.1, 0.15) is 5.75 Å². The van der Waals surface area contributed by atoms with Crippen LogP contribution in [0.4, 0.5) is 0 Å². The quantitative estimate of drug-likeness (QED) is 0.482. The molecule has 3 heteroatoms. The molecule has 0 fully saturated rings. The maximum Gasteiger partial charge on any atom is 0.133 e. The summed E-state index contributed by atoms with van der Waals surface area (Å²) in [5, 5.41) is 9.49. The highest BCUT2D eigenvalue weighted by Gasteiger charge is 2.08. The van der Waals surface area contributed by atoms with E-state index in [2.05, 4.69) is 19.2 Å². The lowest BCUT2D eigenvalue weighted by molar-refractivity contribution is 0.453. The third-order valence-corrected chi connectivity index (χ3v) is 2.02. The first-order chi connectivity index (χ1) is 5.66. The average Bonchev–Trinajstić information content (AvgIpc) is 2.08. The van der Waals surface area contributed by atoms with Crippen molar-refractivity contribution in [1.82, 2.24) is 0 Å². The first-order valence-corrected chi connectivity index (χ1v) is 4.00. The molecule has 1 aromatic carbocycles. The van der Waals surface area contributed by atoms with Crippen LogP contribution < -0.4 is 5.73 Å². The van der Waals surface area contributed by atoms with Crippen molar-refractivity contribution in [2.24, 2.45) is 5.73 Å². The Morgan fingerprint density at radius 3 is 2.83 bits per heavy atom. The van der Waals surface area contributed by atoms with Crippen molar-refractivity contribution < 1.29 is 5.11 Å². The van der Waals surface area contributed by atoms with Gasteiger partial charge in [0.25, 0.3) is 0 Å². The van der Waals surface area contributed by atoms with Gasteiger partial charge in [-0.1, -0.05) is 18.2 Å². The summed E-state index contributed by atoms with van der Waals surface area (Å²) in [5.74, 6) is 0.133. The number of phenolic OH excluding ortho intramolecular Hbond substituents is 1. The van der Waals surface area contributed by atoms with Gasteiger partial charge in [-0.25, -0.2) is 0 Å². The normalized spacial score (nSPS) is 12.5. The molecule has 0 saturated carbocycles. The molecule has 2 nitrogen and oxygen atoms in total. The van der Waals surface area contributed by atoms with Crippen LogP contribution in [0.2, 0.25) is 0 Å². The Labute approximate surface area is 77.1 Å². The van der Waals surface area contributed by atoms with Crippen LogP contribution in [0.5, 0.6) is 5.75 Å². The van der Waals surface area contributed by atoms with E-state index in [-0.39, 0.29) is 11.8 Å². The van der Waals surface area contributed by atoms with Crippen molar-refractivity contribution in [2.75, 3.05) is 0 Å². The van der Waals surface area contributed by atoms with Gasteiger partial charge in [0.05, 0.1) is 6.04 Å². The molecule has 0 aromatic heterocycles. The Kier molecular flexibility index (Phi) is 2.78. The molecular formula is C9H11NOS. The topological polar surface area (TPSA) is 46.2 Å². The van der Waals surface area contributed by atoms with E-state index >= 15 is 0 Å². The van der Waals surface area contributed by atoms with Crippen LogP contribution in [-0.2, 0) is 0 Å². The minimum Gasteiger partial charge on any atom is -0.506 e. The van der Waals surface area contributed by atoms with Crippen molar-refractivity contribution in [3.05, 3.63) is 36.4 Å². The molecule has 64 valence electrons. The Bertz CT molecular complexity index is 299. The standard InChI is InChI=1S/C9H11NOS/c1-2-7(10)6-4-3-5-8(12)9(6)11/h2-5,7,11-12H,1,10H2/t7-/m0/s1. The fraction of sp³-hybridized carbons (Fsp3) is 0.111. The van der Waals surface area contributed by atoms with Gasteiger partial charge >= 0.3 is 0 Å². The molecule has 1 aromatic rings.